The minimum Gasteiger partial charge on any atom is -0.332 e. The minimum atomic E-state index is -0.281. The average molecular weight is 430 g/mol. The van der Waals surface area contributed by atoms with Crippen molar-refractivity contribution in [3.8, 4) is 0 Å². The number of hydrogen-bond acceptors (Lipinski definition) is 3. The molecular weight excluding hydrogens is 410 g/mol. The van der Waals surface area contributed by atoms with E-state index in [1.807, 2.05) is 18.2 Å². The van der Waals surface area contributed by atoms with Gasteiger partial charge in [0, 0.05) is 35.7 Å². The number of carbonyl (C=O) groups excluding carboxylic acids is 3. The fourth-order valence-electron chi connectivity index (χ4n) is 2.97. The van der Waals surface area contributed by atoms with Crippen molar-refractivity contribution in [3.63, 3.8) is 0 Å². The highest BCUT2D eigenvalue weighted by Crippen LogP contribution is 2.22. The van der Waals surface area contributed by atoms with Crippen LogP contribution in [0.1, 0.15) is 23.2 Å². The number of nitrogens with zero attached hydrogens (tertiary/aromatic N) is 2. The van der Waals surface area contributed by atoms with Gasteiger partial charge in [0.05, 0.1) is 12.2 Å². The van der Waals surface area contributed by atoms with Gasteiger partial charge >= 0.3 is 0 Å². The van der Waals surface area contributed by atoms with Gasteiger partial charge in [-0.15, -0.1) is 0 Å². The summed E-state index contributed by atoms with van der Waals surface area (Å²) in [6.07, 6.45) is 1.42. The van der Waals surface area contributed by atoms with Crippen LogP contribution in [0.2, 0.25) is 0 Å². The van der Waals surface area contributed by atoms with Crippen LogP contribution in [0.3, 0.4) is 0 Å². The maximum atomic E-state index is 12.6. The number of hydrogen-bond donors (Lipinski definition) is 1. The molecule has 1 aliphatic heterocycles. The molecule has 0 atom stereocenters. The largest absolute Gasteiger partial charge is 0.332 e. The zero-order valence-corrected chi connectivity index (χ0v) is 16.5. The van der Waals surface area contributed by atoms with Gasteiger partial charge < -0.3 is 15.1 Å². The Morgan fingerprint density at radius 3 is 2.48 bits per heavy atom. The van der Waals surface area contributed by atoms with Crippen LogP contribution >= 0.6 is 15.9 Å². The Morgan fingerprint density at radius 2 is 1.85 bits per heavy atom. The Hall–Kier alpha value is -2.67. The van der Waals surface area contributed by atoms with Crippen molar-refractivity contribution in [2.75, 3.05) is 30.4 Å². The molecule has 1 N–H and O–H groups in total. The molecule has 1 aliphatic rings. The molecule has 140 valence electrons. The van der Waals surface area contributed by atoms with Crippen molar-refractivity contribution in [2.24, 2.45) is 0 Å². The van der Waals surface area contributed by atoms with E-state index in [2.05, 4.69) is 21.2 Å². The van der Waals surface area contributed by atoms with Crippen molar-refractivity contribution in [1.82, 2.24) is 4.90 Å². The van der Waals surface area contributed by atoms with Crippen LogP contribution in [-0.4, -0.2) is 42.8 Å². The summed E-state index contributed by atoms with van der Waals surface area (Å²) >= 11 is 3.37. The number of halogens is 1. The van der Waals surface area contributed by atoms with Crippen LogP contribution in [0, 0.1) is 0 Å². The molecule has 2 aromatic carbocycles. The van der Waals surface area contributed by atoms with E-state index in [0.717, 1.165) is 16.6 Å². The number of carbonyl (C=O) groups is 3. The van der Waals surface area contributed by atoms with Gasteiger partial charge in [0.1, 0.15) is 0 Å². The van der Waals surface area contributed by atoms with E-state index in [1.165, 1.54) is 4.90 Å². The van der Waals surface area contributed by atoms with E-state index in [4.69, 9.17) is 0 Å². The van der Waals surface area contributed by atoms with Gasteiger partial charge in [0.15, 0.2) is 0 Å². The summed E-state index contributed by atoms with van der Waals surface area (Å²) in [6, 6.07) is 14.2. The Balaban J connectivity index is 1.60. The van der Waals surface area contributed by atoms with Gasteiger partial charge in [-0.2, -0.15) is 0 Å². The summed E-state index contributed by atoms with van der Waals surface area (Å²) in [7, 11) is 1.58. The first-order chi connectivity index (χ1) is 13.0. The molecule has 6 nitrogen and oxygen atoms in total. The standard InChI is InChI=1S/C20H20BrN3O3/c1-23(13-18(25)22-17-6-3-2-5-16(17)21)20(27)14-8-10-15(11-9-14)24-12-4-7-19(24)26/h2-3,5-6,8-11H,4,7,12-13H2,1H3,(H,22,25). The van der Waals surface area contributed by atoms with Gasteiger partial charge in [0.2, 0.25) is 11.8 Å². The smallest absolute Gasteiger partial charge is 0.254 e. The first-order valence-electron chi connectivity index (χ1n) is 8.66. The Kier molecular flexibility index (Phi) is 5.91. The zero-order chi connectivity index (χ0) is 19.4. The number of rotatable bonds is 5. The maximum absolute atomic E-state index is 12.6. The lowest BCUT2D eigenvalue weighted by molar-refractivity contribution is -0.117. The van der Waals surface area contributed by atoms with Gasteiger partial charge in [-0.05, 0) is 58.7 Å². The fraction of sp³-hybridized carbons (Fsp3) is 0.250. The van der Waals surface area contributed by atoms with Crippen LogP contribution < -0.4 is 10.2 Å². The van der Waals surface area contributed by atoms with Crippen molar-refractivity contribution in [3.05, 3.63) is 58.6 Å². The summed E-state index contributed by atoms with van der Waals surface area (Å²) < 4.78 is 0.777. The summed E-state index contributed by atoms with van der Waals surface area (Å²) in [6.45, 7) is 0.647. The minimum absolute atomic E-state index is 0.0630. The molecule has 3 amide bonds. The summed E-state index contributed by atoms with van der Waals surface area (Å²) in [4.78, 5) is 39.6. The summed E-state index contributed by atoms with van der Waals surface area (Å²) in [5.74, 6) is -0.427. The highest BCUT2D eigenvalue weighted by molar-refractivity contribution is 9.10. The van der Waals surface area contributed by atoms with E-state index in [1.54, 1.807) is 42.3 Å². The Labute approximate surface area is 166 Å². The fourth-order valence-corrected chi connectivity index (χ4v) is 3.35. The molecule has 3 rings (SSSR count). The SMILES string of the molecule is CN(CC(=O)Nc1ccccc1Br)C(=O)c1ccc(N2CCCC2=O)cc1. The molecule has 1 fully saturated rings. The normalized spacial score (nSPS) is 13.6. The molecule has 0 aromatic heterocycles. The Morgan fingerprint density at radius 1 is 1.15 bits per heavy atom. The van der Waals surface area contributed by atoms with Crippen LogP contribution in [0.5, 0.6) is 0 Å². The van der Waals surface area contributed by atoms with Crippen molar-refractivity contribution in [1.29, 1.82) is 0 Å². The molecule has 1 heterocycles. The molecule has 0 saturated carbocycles. The summed E-state index contributed by atoms with van der Waals surface area (Å²) in [5.41, 5.74) is 1.92. The van der Waals surface area contributed by atoms with Gasteiger partial charge in [0.25, 0.3) is 5.91 Å². The highest BCUT2D eigenvalue weighted by atomic mass is 79.9. The molecule has 7 heteroatoms. The van der Waals surface area contributed by atoms with E-state index >= 15 is 0 Å². The molecule has 0 aliphatic carbocycles. The topological polar surface area (TPSA) is 69.7 Å². The molecule has 0 radical (unpaired) electrons. The van der Waals surface area contributed by atoms with Gasteiger partial charge in [-0.3, -0.25) is 14.4 Å². The predicted octanol–water partition coefficient (Wildman–Crippen LogP) is 3.29. The first kappa shape index (κ1) is 19.1. The molecule has 2 aromatic rings. The number of amides is 3. The first-order valence-corrected chi connectivity index (χ1v) is 9.45. The number of likely N-dealkylation sites (N-methyl/N-ethyl adjacent to an activating group) is 1. The molecule has 1 saturated heterocycles. The second kappa shape index (κ2) is 8.35. The average Bonchev–Trinajstić information content (AvgIpc) is 3.09. The maximum Gasteiger partial charge on any atom is 0.254 e. The number of para-hydroxylation sites is 1. The number of anilines is 2. The summed E-state index contributed by atoms with van der Waals surface area (Å²) in [5, 5.41) is 2.77. The van der Waals surface area contributed by atoms with Crippen LogP contribution in [-0.2, 0) is 9.59 Å². The van der Waals surface area contributed by atoms with Crippen molar-refractivity contribution >= 4 is 45.0 Å². The van der Waals surface area contributed by atoms with Crippen molar-refractivity contribution < 1.29 is 14.4 Å². The van der Waals surface area contributed by atoms with Gasteiger partial charge in [-0.1, -0.05) is 12.1 Å². The third-order valence-electron chi connectivity index (χ3n) is 4.37. The third-order valence-corrected chi connectivity index (χ3v) is 5.07. The number of nitrogens with one attached hydrogen (secondary N) is 1. The molecule has 0 spiro atoms. The van der Waals surface area contributed by atoms with Crippen LogP contribution in [0.25, 0.3) is 0 Å². The Bertz CT molecular complexity index is 867. The van der Waals surface area contributed by atoms with E-state index in [-0.39, 0.29) is 24.3 Å². The van der Waals surface area contributed by atoms with E-state index in [0.29, 0.717) is 24.2 Å². The number of benzene rings is 2. The van der Waals surface area contributed by atoms with E-state index in [9.17, 15) is 14.4 Å². The lowest BCUT2D eigenvalue weighted by Gasteiger charge is -2.19. The third kappa shape index (κ3) is 4.54. The molecule has 0 unspecified atom stereocenters. The second-order valence-corrected chi connectivity index (χ2v) is 7.24. The van der Waals surface area contributed by atoms with Crippen molar-refractivity contribution in [2.45, 2.75) is 12.8 Å². The predicted molar refractivity (Wildman–Crippen MR) is 108 cm³/mol. The molecular formula is C20H20BrN3O3. The lowest BCUT2D eigenvalue weighted by atomic mass is 10.1. The monoisotopic (exact) mass is 429 g/mol. The molecule has 0 bridgehead atoms. The van der Waals surface area contributed by atoms with E-state index < -0.39 is 0 Å². The molecule has 27 heavy (non-hydrogen) atoms. The van der Waals surface area contributed by atoms with Crippen LogP contribution in [0.15, 0.2) is 53.0 Å². The van der Waals surface area contributed by atoms with Crippen LogP contribution in [0.4, 0.5) is 11.4 Å². The lowest BCUT2D eigenvalue weighted by Crippen LogP contribution is -2.35. The quantitative estimate of drug-likeness (QED) is 0.792. The zero-order valence-electron chi connectivity index (χ0n) is 14.9. The highest BCUT2D eigenvalue weighted by Gasteiger charge is 2.22. The van der Waals surface area contributed by atoms with Gasteiger partial charge in [-0.25, -0.2) is 0 Å². The second-order valence-electron chi connectivity index (χ2n) is 6.39.